The van der Waals surface area contributed by atoms with Gasteiger partial charge in [-0.25, -0.2) is 0 Å². The van der Waals surface area contributed by atoms with E-state index >= 15 is 0 Å². The standard InChI is InChI=1S/C12H13NO/c1-12(2)7-11(13-12)10-5-3-9(8-14)4-6-10/h3-6,8H,7H2,1-2H3. The Hall–Kier alpha value is -1.44. The Labute approximate surface area is 83.7 Å². The average molecular weight is 187 g/mol. The summed E-state index contributed by atoms with van der Waals surface area (Å²) in [6.07, 6.45) is 1.88. The van der Waals surface area contributed by atoms with Crippen LogP contribution in [0.4, 0.5) is 0 Å². The zero-order valence-electron chi connectivity index (χ0n) is 8.45. The number of carbonyl (C=O) groups excluding carboxylic acids is 1. The van der Waals surface area contributed by atoms with E-state index in [4.69, 9.17) is 0 Å². The van der Waals surface area contributed by atoms with Crippen LogP contribution < -0.4 is 0 Å². The maximum absolute atomic E-state index is 10.4. The van der Waals surface area contributed by atoms with Crippen LogP contribution in [0, 0.1) is 0 Å². The lowest BCUT2D eigenvalue weighted by Gasteiger charge is -2.31. The minimum atomic E-state index is 0.110. The summed E-state index contributed by atoms with van der Waals surface area (Å²) in [5.74, 6) is 0. The Kier molecular flexibility index (Phi) is 1.99. The molecule has 14 heavy (non-hydrogen) atoms. The van der Waals surface area contributed by atoms with Crippen LogP contribution >= 0.6 is 0 Å². The lowest BCUT2D eigenvalue weighted by atomic mass is 9.87. The highest BCUT2D eigenvalue weighted by atomic mass is 16.1. The summed E-state index contributed by atoms with van der Waals surface area (Å²) < 4.78 is 0. The second-order valence-electron chi connectivity index (χ2n) is 4.29. The van der Waals surface area contributed by atoms with Crippen molar-refractivity contribution in [1.29, 1.82) is 0 Å². The Morgan fingerprint density at radius 1 is 1.29 bits per heavy atom. The van der Waals surface area contributed by atoms with Crippen molar-refractivity contribution in [1.82, 2.24) is 0 Å². The molecule has 1 aromatic carbocycles. The lowest BCUT2D eigenvalue weighted by Crippen LogP contribution is -2.33. The van der Waals surface area contributed by atoms with E-state index in [1.807, 2.05) is 24.3 Å². The fourth-order valence-electron chi connectivity index (χ4n) is 1.68. The third-order valence-corrected chi connectivity index (χ3v) is 2.42. The highest BCUT2D eigenvalue weighted by molar-refractivity contribution is 6.05. The Morgan fingerprint density at radius 2 is 1.86 bits per heavy atom. The Balaban J connectivity index is 2.24. The van der Waals surface area contributed by atoms with Gasteiger partial charge in [0, 0.05) is 17.7 Å². The van der Waals surface area contributed by atoms with E-state index in [1.165, 1.54) is 0 Å². The van der Waals surface area contributed by atoms with Crippen LogP contribution in [0.5, 0.6) is 0 Å². The smallest absolute Gasteiger partial charge is 0.150 e. The summed E-state index contributed by atoms with van der Waals surface area (Å²) in [5, 5.41) is 0. The molecule has 1 heterocycles. The van der Waals surface area contributed by atoms with Gasteiger partial charge < -0.3 is 0 Å². The number of nitrogens with zero attached hydrogens (tertiary/aromatic N) is 1. The lowest BCUT2D eigenvalue weighted by molar-refractivity contribution is 0.112. The molecule has 0 radical (unpaired) electrons. The van der Waals surface area contributed by atoms with Gasteiger partial charge in [0.05, 0.1) is 5.54 Å². The van der Waals surface area contributed by atoms with Crippen LogP contribution in [0.1, 0.15) is 36.2 Å². The van der Waals surface area contributed by atoms with Gasteiger partial charge in [-0.3, -0.25) is 9.79 Å². The zero-order chi connectivity index (χ0) is 10.2. The van der Waals surface area contributed by atoms with Crippen molar-refractivity contribution in [3.63, 3.8) is 0 Å². The number of hydrogen-bond acceptors (Lipinski definition) is 2. The van der Waals surface area contributed by atoms with Crippen molar-refractivity contribution in [3.05, 3.63) is 35.4 Å². The topological polar surface area (TPSA) is 29.4 Å². The highest BCUT2D eigenvalue weighted by Crippen LogP contribution is 2.28. The molecule has 0 saturated carbocycles. The van der Waals surface area contributed by atoms with E-state index in [-0.39, 0.29) is 5.54 Å². The summed E-state index contributed by atoms with van der Waals surface area (Å²) in [6.45, 7) is 4.24. The molecule has 1 aliphatic rings. The molecule has 0 bridgehead atoms. The van der Waals surface area contributed by atoms with Crippen LogP contribution in [0.3, 0.4) is 0 Å². The van der Waals surface area contributed by atoms with Crippen LogP contribution in [0.15, 0.2) is 29.3 Å². The molecule has 0 N–H and O–H groups in total. The molecule has 2 rings (SSSR count). The summed E-state index contributed by atoms with van der Waals surface area (Å²) in [5.41, 5.74) is 3.11. The van der Waals surface area contributed by atoms with Gasteiger partial charge in [0.25, 0.3) is 0 Å². The molecular weight excluding hydrogens is 174 g/mol. The molecule has 1 aromatic rings. The predicted molar refractivity (Wildman–Crippen MR) is 57.1 cm³/mol. The molecule has 0 spiro atoms. The van der Waals surface area contributed by atoms with E-state index in [2.05, 4.69) is 18.8 Å². The van der Waals surface area contributed by atoms with Gasteiger partial charge in [0.15, 0.2) is 0 Å². The first kappa shape index (κ1) is 9.13. The molecule has 72 valence electrons. The molecular formula is C12H13NO. The van der Waals surface area contributed by atoms with Crippen molar-refractivity contribution in [2.45, 2.75) is 25.8 Å². The number of benzene rings is 1. The molecule has 2 heteroatoms. The van der Waals surface area contributed by atoms with Crippen molar-refractivity contribution < 1.29 is 4.79 Å². The monoisotopic (exact) mass is 187 g/mol. The van der Waals surface area contributed by atoms with Gasteiger partial charge in [-0.2, -0.15) is 0 Å². The van der Waals surface area contributed by atoms with Crippen molar-refractivity contribution in [3.8, 4) is 0 Å². The first-order valence-corrected chi connectivity index (χ1v) is 4.75. The van der Waals surface area contributed by atoms with E-state index in [0.717, 1.165) is 24.0 Å². The second-order valence-corrected chi connectivity index (χ2v) is 4.29. The van der Waals surface area contributed by atoms with Crippen LogP contribution in [-0.4, -0.2) is 17.5 Å². The molecule has 0 saturated heterocycles. The Bertz CT molecular complexity index is 387. The van der Waals surface area contributed by atoms with Gasteiger partial charge >= 0.3 is 0 Å². The maximum Gasteiger partial charge on any atom is 0.150 e. The van der Waals surface area contributed by atoms with Gasteiger partial charge in [-0.05, 0) is 19.4 Å². The summed E-state index contributed by atoms with van der Waals surface area (Å²) in [4.78, 5) is 15.0. The van der Waals surface area contributed by atoms with E-state index in [0.29, 0.717) is 5.56 Å². The molecule has 1 aliphatic heterocycles. The minimum absolute atomic E-state index is 0.110. The summed E-state index contributed by atoms with van der Waals surface area (Å²) in [6, 6.07) is 7.57. The molecule has 0 aromatic heterocycles. The van der Waals surface area contributed by atoms with E-state index in [1.54, 1.807) is 0 Å². The normalized spacial score (nSPS) is 18.3. The second kappa shape index (κ2) is 3.05. The maximum atomic E-state index is 10.4. The Morgan fingerprint density at radius 3 is 2.29 bits per heavy atom. The van der Waals surface area contributed by atoms with E-state index in [9.17, 15) is 4.79 Å². The van der Waals surface area contributed by atoms with Gasteiger partial charge in [-0.1, -0.05) is 24.3 Å². The highest BCUT2D eigenvalue weighted by Gasteiger charge is 2.29. The zero-order valence-corrected chi connectivity index (χ0v) is 8.45. The molecule has 0 fully saturated rings. The molecule has 0 unspecified atom stereocenters. The third-order valence-electron chi connectivity index (χ3n) is 2.42. The van der Waals surface area contributed by atoms with Crippen LogP contribution in [0.25, 0.3) is 0 Å². The third kappa shape index (κ3) is 1.60. The van der Waals surface area contributed by atoms with Crippen LogP contribution in [-0.2, 0) is 0 Å². The van der Waals surface area contributed by atoms with Gasteiger partial charge in [0.1, 0.15) is 6.29 Å². The van der Waals surface area contributed by atoms with Gasteiger partial charge in [-0.15, -0.1) is 0 Å². The summed E-state index contributed by atoms with van der Waals surface area (Å²) in [7, 11) is 0. The molecule has 0 aliphatic carbocycles. The first-order chi connectivity index (χ1) is 6.61. The fourth-order valence-corrected chi connectivity index (χ4v) is 1.68. The van der Waals surface area contributed by atoms with Crippen molar-refractivity contribution in [2.75, 3.05) is 0 Å². The van der Waals surface area contributed by atoms with Crippen LogP contribution in [0.2, 0.25) is 0 Å². The predicted octanol–water partition coefficient (Wildman–Crippen LogP) is 2.47. The van der Waals surface area contributed by atoms with Gasteiger partial charge in [0.2, 0.25) is 0 Å². The summed E-state index contributed by atoms with van der Waals surface area (Å²) >= 11 is 0. The largest absolute Gasteiger partial charge is 0.298 e. The first-order valence-electron chi connectivity index (χ1n) is 4.75. The minimum Gasteiger partial charge on any atom is -0.298 e. The quantitative estimate of drug-likeness (QED) is 0.654. The van der Waals surface area contributed by atoms with E-state index < -0.39 is 0 Å². The number of aliphatic imine (C=N–C) groups is 1. The average Bonchev–Trinajstić information content (AvgIpc) is 2.14. The molecule has 2 nitrogen and oxygen atoms in total. The SMILES string of the molecule is CC1(C)CC(c2ccc(C=O)cc2)=N1. The van der Waals surface area contributed by atoms with Crippen molar-refractivity contribution >= 4 is 12.0 Å². The number of carbonyl (C=O) groups is 1. The number of hydrogen-bond donors (Lipinski definition) is 0. The van der Waals surface area contributed by atoms with Crippen molar-refractivity contribution in [2.24, 2.45) is 4.99 Å². The molecule has 0 amide bonds. The number of rotatable bonds is 2. The fraction of sp³-hybridized carbons (Fsp3) is 0.333. The molecule has 0 atom stereocenters. The number of aldehydes is 1.